The lowest BCUT2D eigenvalue weighted by atomic mass is 9.97. The number of hydrogen-bond donors (Lipinski definition) is 2. The van der Waals surface area contributed by atoms with Crippen LogP contribution in [0.15, 0.2) is 44.5 Å². The maximum Gasteiger partial charge on any atom is 0.289 e. The van der Waals surface area contributed by atoms with Gasteiger partial charge in [0.1, 0.15) is 40.9 Å². The van der Waals surface area contributed by atoms with Gasteiger partial charge in [0.2, 0.25) is 5.43 Å². The average molecular weight is 319 g/mol. The molecule has 0 fully saturated rings. The zero-order valence-electron chi connectivity index (χ0n) is 12.1. The maximum atomic E-state index is 12.7. The molecular formula is C16H9N5O3. The van der Waals surface area contributed by atoms with Gasteiger partial charge in [0.05, 0.1) is 10.9 Å². The van der Waals surface area contributed by atoms with Crippen LogP contribution in [0.1, 0.15) is 11.1 Å². The predicted molar refractivity (Wildman–Crippen MR) is 86.2 cm³/mol. The predicted octanol–water partition coefficient (Wildman–Crippen LogP) is 0.661. The van der Waals surface area contributed by atoms with E-state index in [1.54, 1.807) is 30.3 Å². The molecule has 8 heteroatoms. The first-order chi connectivity index (χ1) is 11.5. The van der Waals surface area contributed by atoms with E-state index in [0.29, 0.717) is 10.3 Å². The number of nitrogen functional groups attached to an aromatic ring is 2. The average Bonchev–Trinajstić information content (AvgIpc) is 2.60. The summed E-state index contributed by atoms with van der Waals surface area (Å²) in [4.78, 5) is 24.9. The van der Waals surface area contributed by atoms with Crippen LogP contribution in [0.2, 0.25) is 0 Å². The minimum Gasteiger partial charge on any atom is -0.463 e. The van der Waals surface area contributed by atoms with Crippen molar-refractivity contribution in [1.29, 1.82) is 10.5 Å². The molecule has 24 heavy (non-hydrogen) atoms. The Balaban J connectivity index is 2.55. The van der Waals surface area contributed by atoms with Gasteiger partial charge in [-0.05, 0) is 12.1 Å². The lowest BCUT2D eigenvalue weighted by molar-refractivity contribution is 0.604. The molecule has 0 saturated carbocycles. The summed E-state index contributed by atoms with van der Waals surface area (Å²) < 4.78 is 5.89. The third-order valence-corrected chi connectivity index (χ3v) is 3.62. The summed E-state index contributed by atoms with van der Waals surface area (Å²) in [6, 6.07) is 9.94. The number of fused-ring (bicyclic) bond motifs is 1. The van der Waals surface area contributed by atoms with E-state index in [1.165, 1.54) is 6.07 Å². The summed E-state index contributed by atoms with van der Waals surface area (Å²) in [5.41, 5.74) is 3.66. The number of nitriles is 2. The molecule has 1 aromatic carbocycles. The fourth-order valence-electron chi connectivity index (χ4n) is 2.45. The number of nitrogens with zero attached hydrogens (tertiary/aromatic N) is 3. The largest absolute Gasteiger partial charge is 0.463 e. The van der Waals surface area contributed by atoms with Crippen molar-refractivity contribution >= 4 is 16.8 Å². The van der Waals surface area contributed by atoms with Crippen LogP contribution in [0.3, 0.4) is 0 Å². The highest BCUT2D eigenvalue weighted by Crippen LogP contribution is 2.27. The standard InChI is InChI=1S/C16H9N5O3/c17-5-9-13(10(6-18)16(23)21(20)15(9)19)11-7-24-12-4-2-1-3-8(12)14(11)22/h1-4,7H,19-20H2. The normalized spacial score (nSPS) is 10.2. The lowest BCUT2D eigenvalue weighted by Gasteiger charge is -2.11. The van der Waals surface area contributed by atoms with Crippen LogP contribution in [0.4, 0.5) is 5.82 Å². The van der Waals surface area contributed by atoms with Crippen LogP contribution in [0, 0.1) is 22.7 Å². The Morgan fingerprint density at radius 1 is 1.08 bits per heavy atom. The zero-order valence-corrected chi connectivity index (χ0v) is 12.1. The van der Waals surface area contributed by atoms with E-state index in [1.807, 2.05) is 0 Å². The summed E-state index contributed by atoms with van der Waals surface area (Å²) in [6.07, 6.45) is 1.10. The van der Waals surface area contributed by atoms with Crippen LogP contribution in [-0.4, -0.2) is 4.68 Å². The highest BCUT2D eigenvalue weighted by Gasteiger charge is 2.23. The highest BCUT2D eigenvalue weighted by atomic mass is 16.3. The number of rotatable bonds is 1. The highest BCUT2D eigenvalue weighted by molar-refractivity contribution is 5.86. The Kier molecular flexibility index (Phi) is 3.29. The monoisotopic (exact) mass is 319 g/mol. The summed E-state index contributed by atoms with van der Waals surface area (Å²) in [5.74, 6) is 5.14. The number of benzene rings is 1. The molecule has 0 radical (unpaired) electrons. The second-order valence-corrected chi connectivity index (χ2v) is 4.88. The summed E-state index contributed by atoms with van der Waals surface area (Å²) in [5, 5.41) is 18.9. The van der Waals surface area contributed by atoms with Crippen LogP contribution in [0.25, 0.3) is 22.1 Å². The maximum absolute atomic E-state index is 12.7. The molecule has 0 unspecified atom stereocenters. The van der Waals surface area contributed by atoms with Gasteiger partial charge in [-0.3, -0.25) is 9.59 Å². The van der Waals surface area contributed by atoms with Gasteiger partial charge in [-0.1, -0.05) is 12.1 Å². The van der Waals surface area contributed by atoms with E-state index in [0.717, 1.165) is 6.26 Å². The smallest absolute Gasteiger partial charge is 0.289 e. The Morgan fingerprint density at radius 3 is 2.42 bits per heavy atom. The second-order valence-electron chi connectivity index (χ2n) is 4.88. The van der Waals surface area contributed by atoms with E-state index in [-0.39, 0.29) is 27.9 Å². The van der Waals surface area contributed by atoms with Crippen molar-refractivity contribution in [2.45, 2.75) is 0 Å². The fraction of sp³-hybridized carbons (Fsp3) is 0. The van der Waals surface area contributed by atoms with Gasteiger partial charge in [-0.15, -0.1) is 0 Å². The number of anilines is 1. The van der Waals surface area contributed by atoms with Gasteiger partial charge in [-0.2, -0.15) is 10.5 Å². The van der Waals surface area contributed by atoms with Gasteiger partial charge in [0.25, 0.3) is 5.56 Å². The van der Waals surface area contributed by atoms with Crippen LogP contribution in [0.5, 0.6) is 0 Å². The Labute approximate surface area is 134 Å². The topological polar surface area (TPSA) is 152 Å². The van der Waals surface area contributed by atoms with E-state index >= 15 is 0 Å². The van der Waals surface area contributed by atoms with Crippen molar-refractivity contribution in [3.63, 3.8) is 0 Å². The van der Waals surface area contributed by atoms with Gasteiger partial charge in [0.15, 0.2) is 0 Å². The quantitative estimate of drug-likeness (QED) is 0.625. The molecule has 0 spiro atoms. The minimum absolute atomic E-state index is 0.105. The number of para-hydroxylation sites is 1. The molecule has 0 aliphatic carbocycles. The molecule has 0 atom stereocenters. The lowest BCUT2D eigenvalue weighted by Crippen LogP contribution is -2.33. The third kappa shape index (κ3) is 1.91. The first kappa shape index (κ1) is 14.9. The number of aromatic nitrogens is 1. The molecule has 2 heterocycles. The number of nitrogens with two attached hydrogens (primary N) is 2. The number of pyridine rings is 1. The van der Waals surface area contributed by atoms with Crippen molar-refractivity contribution in [3.8, 4) is 23.3 Å². The van der Waals surface area contributed by atoms with Crippen LogP contribution < -0.4 is 22.6 Å². The summed E-state index contributed by atoms with van der Waals surface area (Å²) >= 11 is 0. The minimum atomic E-state index is -0.906. The molecule has 0 aliphatic heterocycles. The van der Waals surface area contributed by atoms with Gasteiger partial charge in [0, 0.05) is 5.56 Å². The SMILES string of the molecule is N#Cc1c(-c2coc3ccccc3c2=O)c(C#N)c(=O)n(N)c1N. The van der Waals surface area contributed by atoms with Crippen molar-refractivity contribution in [2.24, 2.45) is 0 Å². The molecule has 8 nitrogen and oxygen atoms in total. The van der Waals surface area contributed by atoms with Crippen LogP contribution in [-0.2, 0) is 0 Å². The first-order valence-corrected chi connectivity index (χ1v) is 6.66. The van der Waals surface area contributed by atoms with E-state index < -0.39 is 16.6 Å². The van der Waals surface area contributed by atoms with Crippen molar-refractivity contribution in [1.82, 2.24) is 4.68 Å². The molecule has 0 bridgehead atoms. The second kappa shape index (κ2) is 5.30. The molecule has 0 saturated heterocycles. The van der Waals surface area contributed by atoms with Crippen molar-refractivity contribution < 1.29 is 4.42 Å². The van der Waals surface area contributed by atoms with Gasteiger partial charge >= 0.3 is 0 Å². The Bertz CT molecular complexity index is 1190. The summed E-state index contributed by atoms with van der Waals surface area (Å²) in [7, 11) is 0. The Morgan fingerprint density at radius 2 is 1.75 bits per heavy atom. The van der Waals surface area contributed by atoms with Gasteiger partial charge in [-0.25, -0.2) is 4.68 Å². The van der Waals surface area contributed by atoms with Crippen molar-refractivity contribution in [2.75, 3.05) is 11.6 Å². The molecule has 3 rings (SSSR count). The number of hydrogen-bond acceptors (Lipinski definition) is 7. The third-order valence-electron chi connectivity index (χ3n) is 3.62. The molecule has 3 aromatic rings. The molecule has 4 N–H and O–H groups in total. The zero-order chi connectivity index (χ0) is 17.4. The van der Waals surface area contributed by atoms with Gasteiger partial charge < -0.3 is 16.0 Å². The molecule has 2 aromatic heterocycles. The first-order valence-electron chi connectivity index (χ1n) is 6.66. The fourth-order valence-corrected chi connectivity index (χ4v) is 2.45. The Hall–Kier alpha value is -4.04. The molecule has 0 amide bonds. The molecular weight excluding hydrogens is 310 g/mol. The van der Waals surface area contributed by atoms with E-state index in [2.05, 4.69) is 0 Å². The summed E-state index contributed by atoms with van der Waals surface area (Å²) in [6.45, 7) is 0. The van der Waals surface area contributed by atoms with E-state index in [9.17, 15) is 20.1 Å². The van der Waals surface area contributed by atoms with E-state index in [4.69, 9.17) is 16.0 Å². The van der Waals surface area contributed by atoms with Crippen molar-refractivity contribution in [3.05, 3.63) is 62.2 Å². The molecule has 116 valence electrons. The molecule has 0 aliphatic rings. The van der Waals surface area contributed by atoms with Crippen LogP contribution >= 0.6 is 0 Å².